The Balaban J connectivity index is 1.42. The molecule has 5 rings (SSSR count). The summed E-state index contributed by atoms with van der Waals surface area (Å²) in [5.41, 5.74) is 3.77. The monoisotopic (exact) mass is 425 g/mol. The van der Waals surface area contributed by atoms with E-state index >= 15 is 0 Å². The number of ether oxygens (including phenoxy) is 1. The van der Waals surface area contributed by atoms with E-state index in [9.17, 15) is 5.11 Å². The molecule has 4 atom stereocenters. The van der Waals surface area contributed by atoms with Gasteiger partial charge in [0, 0.05) is 35.5 Å². The first-order valence-electron chi connectivity index (χ1n) is 11.1. The lowest BCUT2D eigenvalue weighted by atomic mass is 9.54. The Morgan fingerprint density at radius 1 is 1.17 bits per heavy atom. The van der Waals surface area contributed by atoms with Crippen molar-refractivity contribution in [1.29, 1.82) is 0 Å². The number of nitrogens with zero attached hydrogens (tertiary/aromatic N) is 1. The van der Waals surface area contributed by atoms with E-state index in [-0.39, 0.29) is 22.3 Å². The molecule has 0 radical (unpaired) electrons. The molecule has 0 amide bonds. The summed E-state index contributed by atoms with van der Waals surface area (Å²) in [7, 11) is 0. The van der Waals surface area contributed by atoms with Crippen molar-refractivity contribution in [2.24, 2.45) is 5.41 Å². The molecule has 2 fully saturated rings. The molecular formula is C26H32ClNO2. The molecule has 1 saturated carbocycles. The van der Waals surface area contributed by atoms with E-state index in [1.807, 2.05) is 12.1 Å². The fourth-order valence-corrected chi connectivity index (χ4v) is 6.99. The van der Waals surface area contributed by atoms with E-state index in [1.54, 1.807) is 0 Å². The van der Waals surface area contributed by atoms with Crippen LogP contribution in [0.5, 0.6) is 5.75 Å². The second-order valence-electron chi connectivity index (χ2n) is 10.6. The normalized spacial score (nSPS) is 32.2. The van der Waals surface area contributed by atoms with Gasteiger partial charge >= 0.3 is 0 Å². The molecule has 1 N–H and O–H groups in total. The van der Waals surface area contributed by atoms with Gasteiger partial charge in [-0.1, -0.05) is 68.8 Å². The number of hydrogen-bond donors (Lipinski definition) is 1. The molecule has 30 heavy (non-hydrogen) atoms. The van der Waals surface area contributed by atoms with Gasteiger partial charge in [-0.2, -0.15) is 0 Å². The number of hydrogen-bond acceptors (Lipinski definition) is 3. The van der Waals surface area contributed by atoms with Gasteiger partial charge in [-0.15, -0.1) is 0 Å². The third-order valence-corrected chi connectivity index (χ3v) is 8.91. The summed E-state index contributed by atoms with van der Waals surface area (Å²) < 4.78 is 6.21. The number of halogens is 1. The van der Waals surface area contributed by atoms with Crippen molar-refractivity contribution in [3.05, 3.63) is 64.2 Å². The standard InChI is InChI=1S/C26H32ClNO2/c1-17(30-14-18-8-6-5-7-9-18)13-28-16-26-12-21(28)24(2,3)25(4,15-26)19-10-11-20(27)23(29)22(19)26/h5-11,17,21,29H,12-16H2,1-4H3/t17-,21+,25-,26+/m0/s1. The third kappa shape index (κ3) is 2.71. The van der Waals surface area contributed by atoms with Crippen LogP contribution in [-0.4, -0.2) is 35.2 Å². The molecule has 4 heteroatoms. The van der Waals surface area contributed by atoms with Crippen LogP contribution in [0, 0.1) is 5.41 Å². The van der Waals surface area contributed by atoms with Crippen molar-refractivity contribution in [2.75, 3.05) is 13.1 Å². The van der Waals surface area contributed by atoms with Crippen molar-refractivity contribution in [1.82, 2.24) is 4.90 Å². The summed E-state index contributed by atoms with van der Waals surface area (Å²) in [6.45, 7) is 11.9. The average molecular weight is 426 g/mol. The highest BCUT2D eigenvalue weighted by Gasteiger charge is 2.69. The summed E-state index contributed by atoms with van der Waals surface area (Å²) >= 11 is 6.37. The highest BCUT2D eigenvalue weighted by atomic mass is 35.5. The van der Waals surface area contributed by atoms with E-state index in [0.717, 1.165) is 31.5 Å². The predicted octanol–water partition coefficient (Wildman–Crippen LogP) is 5.66. The van der Waals surface area contributed by atoms with Crippen LogP contribution in [0.25, 0.3) is 0 Å². The summed E-state index contributed by atoms with van der Waals surface area (Å²) in [6, 6.07) is 14.9. The fourth-order valence-electron chi connectivity index (χ4n) is 6.84. The Morgan fingerprint density at radius 2 is 1.90 bits per heavy atom. The zero-order valence-electron chi connectivity index (χ0n) is 18.4. The van der Waals surface area contributed by atoms with E-state index < -0.39 is 0 Å². The lowest BCUT2D eigenvalue weighted by Gasteiger charge is -2.51. The Labute approximate surface area is 185 Å². The van der Waals surface area contributed by atoms with E-state index in [1.165, 1.54) is 11.1 Å². The van der Waals surface area contributed by atoms with Crippen molar-refractivity contribution >= 4 is 11.6 Å². The van der Waals surface area contributed by atoms with Crippen LogP contribution >= 0.6 is 11.6 Å². The van der Waals surface area contributed by atoms with E-state index in [4.69, 9.17) is 16.3 Å². The molecule has 2 aromatic carbocycles. The Hall–Kier alpha value is -1.55. The lowest BCUT2D eigenvalue weighted by Crippen LogP contribution is -2.53. The molecule has 1 saturated heterocycles. The van der Waals surface area contributed by atoms with E-state index in [2.05, 4.69) is 62.9 Å². The maximum Gasteiger partial charge on any atom is 0.138 e. The summed E-state index contributed by atoms with van der Waals surface area (Å²) in [6.07, 6.45) is 2.32. The van der Waals surface area contributed by atoms with Crippen LogP contribution in [0.1, 0.15) is 57.2 Å². The van der Waals surface area contributed by atoms with Gasteiger partial charge in [-0.25, -0.2) is 0 Å². The Morgan fingerprint density at radius 3 is 2.63 bits per heavy atom. The SMILES string of the molecule is C[C@@H](CN1C[C@@]23C[C@@H]1C(C)(C)[C@@](C)(C2)c1ccc(Cl)c(O)c13)OCc1ccccc1. The quantitative estimate of drug-likeness (QED) is 0.670. The van der Waals surface area contributed by atoms with Crippen LogP contribution in [0.4, 0.5) is 0 Å². The second kappa shape index (κ2) is 6.72. The first-order chi connectivity index (χ1) is 14.2. The van der Waals surface area contributed by atoms with Crippen LogP contribution < -0.4 is 0 Å². The molecule has 3 bridgehead atoms. The van der Waals surface area contributed by atoms with Crippen molar-refractivity contribution in [3.63, 3.8) is 0 Å². The zero-order chi connectivity index (χ0) is 21.3. The predicted molar refractivity (Wildman–Crippen MR) is 121 cm³/mol. The van der Waals surface area contributed by atoms with Gasteiger partial charge in [0.15, 0.2) is 0 Å². The highest BCUT2D eigenvalue weighted by Crippen LogP contribution is 2.70. The number of likely N-dealkylation sites (tertiary alicyclic amines) is 1. The largest absolute Gasteiger partial charge is 0.506 e. The molecule has 2 aromatic rings. The Bertz CT molecular complexity index is 974. The molecular weight excluding hydrogens is 394 g/mol. The highest BCUT2D eigenvalue weighted by molar-refractivity contribution is 6.32. The molecule has 1 spiro atoms. The lowest BCUT2D eigenvalue weighted by molar-refractivity contribution is -0.00625. The molecule has 1 heterocycles. The third-order valence-electron chi connectivity index (χ3n) is 8.60. The van der Waals surface area contributed by atoms with Crippen molar-refractivity contribution in [3.8, 4) is 5.75 Å². The molecule has 0 unspecified atom stereocenters. The maximum absolute atomic E-state index is 11.0. The first-order valence-corrected chi connectivity index (χ1v) is 11.5. The van der Waals surface area contributed by atoms with Crippen molar-refractivity contribution in [2.45, 2.75) is 70.1 Å². The van der Waals surface area contributed by atoms with Gasteiger partial charge in [-0.3, -0.25) is 4.90 Å². The second-order valence-corrected chi connectivity index (χ2v) is 11.0. The summed E-state index contributed by atoms with van der Waals surface area (Å²) in [5.74, 6) is 0.310. The summed E-state index contributed by atoms with van der Waals surface area (Å²) in [5, 5.41) is 11.4. The van der Waals surface area contributed by atoms with Crippen LogP contribution in [-0.2, 0) is 22.2 Å². The van der Waals surface area contributed by atoms with Gasteiger partial charge in [0.1, 0.15) is 5.75 Å². The Kier molecular flexibility index (Phi) is 4.56. The van der Waals surface area contributed by atoms with Gasteiger partial charge in [0.2, 0.25) is 0 Å². The minimum Gasteiger partial charge on any atom is -0.506 e. The van der Waals surface area contributed by atoms with E-state index in [0.29, 0.717) is 23.4 Å². The van der Waals surface area contributed by atoms with Crippen LogP contribution in [0.3, 0.4) is 0 Å². The van der Waals surface area contributed by atoms with Crippen molar-refractivity contribution < 1.29 is 9.84 Å². The maximum atomic E-state index is 11.0. The van der Waals surface area contributed by atoms with Gasteiger partial charge in [-0.05, 0) is 42.4 Å². The topological polar surface area (TPSA) is 32.7 Å². The van der Waals surface area contributed by atoms with Crippen LogP contribution in [0.15, 0.2) is 42.5 Å². The zero-order valence-corrected chi connectivity index (χ0v) is 19.2. The van der Waals surface area contributed by atoms with Gasteiger partial charge in [0.05, 0.1) is 17.7 Å². The number of phenols is 1. The molecule has 3 nitrogen and oxygen atoms in total. The number of aromatic hydroxyl groups is 1. The van der Waals surface area contributed by atoms with Gasteiger partial charge in [0.25, 0.3) is 0 Å². The first kappa shape index (κ1) is 20.4. The van der Waals surface area contributed by atoms with Gasteiger partial charge < -0.3 is 9.84 Å². The molecule has 1 aliphatic heterocycles. The summed E-state index contributed by atoms with van der Waals surface area (Å²) in [4.78, 5) is 2.63. The number of benzene rings is 2. The molecule has 3 aliphatic rings. The minimum absolute atomic E-state index is 0.00158. The number of rotatable bonds is 5. The molecule has 160 valence electrons. The fraction of sp³-hybridized carbons (Fsp3) is 0.538. The smallest absolute Gasteiger partial charge is 0.138 e. The molecule has 2 aliphatic carbocycles. The van der Waals surface area contributed by atoms with Crippen LogP contribution in [0.2, 0.25) is 5.02 Å². The number of fused-ring (bicyclic) bond motifs is 4. The minimum atomic E-state index is -0.00158. The molecule has 0 aromatic heterocycles. The average Bonchev–Trinajstić information content (AvgIpc) is 3.16. The number of phenolic OH excluding ortho intramolecular Hbond substituents is 1.